The van der Waals surface area contributed by atoms with E-state index in [1.807, 2.05) is 6.07 Å². The fourth-order valence-corrected chi connectivity index (χ4v) is 1.96. The van der Waals surface area contributed by atoms with E-state index in [1.165, 1.54) is 42.6 Å². The van der Waals surface area contributed by atoms with Crippen LogP contribution in [0.4, 0.5) is 4.39 Å². The predicted molar refractivity (Wildman–Crippen MR) is 79.9 cm³/mol. The molecule has 0 N–H and O–H groups in total. The van der Waals surface area contributed by atoms with Crippen LogP contribution in [0.2, 0.25) is 0 Å². The van der Waals surface area contributed by atoms with E-state index in [-0.39, 0.29) is 29.5 Å². The molecule has 3 rings (SSSR count). The summed E-state index contributed by atoms with van der Waals surface area (Å²) >= 11 is 0. The highest BCUT2D eigenvalue weighted by molar-refractivity contribution is 5.63. The number of rotatable bonds is 4. The van der Waals surface area contributed by atoms with Gasteiger partial charge in [-0.05, 0) is 37.2 Å². The average Bonchev–Trinajstić information content (AvgIpc) is 3.05. The van der Waals surface area contributed by atoms with Crippen LogP contribution < -0.4 is 4.74 Å². The van der Waals surface area contributed by atoms with Gasteiger partial charge in [-0.15, -0.1) is 0 Å². The van der Waals surface area contributed by atoms with E-state index in [0.717, 1.165) is 0 Å². The Hall–Kier alpha value is -3.20. The zero-order valence-electron chi connectivity index (χ0n) is 14.8. The minimum Gasteiger partial charge on any atom is -0.473 e. The molecule has 5 nitrogen and oxygen atoms in total. The summed E-state index contributed by atoms with van der Waals surface area (Å²) in [6.07, 6.45) is 1.34. The number of aryl methyl sites for hydroxylation is 1. The van der Waals surface area contributed by atoms with Gasteiger partial charge in [-0.1, -0.05) is 5.16 Å². The minimum atomic E-state index is -2.53. The second-order valence-electron chi connectivity index (χ2n) is 4.63. The van der Waals surface area contributed by atoms with E-state index in [1.54, 1.807) is 0 Å². The lowest BCUT2D eigenvalue weighted by Gasteiger charge is -2.06. The van der Waals surface area contributed by atoms with E-state index < -0.39 is 12.7 Å². The SMILES string of the molecule is [2H]C([2H])([2H])c1onc(-c2ccc(F)cc2)c1COc1ccc(C#N)cn1. The molecule has 2 heterocycles. The summed E-state index contributed by atoms with van der Waals surface area (Å²) in [5.74, 6) is -0.509. The number of ether oxygens (including phenoxy) is 1. The van der Waals surface area contributed by atoms with E-state index in [0.29, 0.717) is 11.1 Å². The van der Waals surface area contributed by atoms with Crippen molar-refractivity contribution in [2.24, 2.45) is 0 Å². The molecule has 0 fully saturated rings. The monoisotopic (exact) mass is 312 g/mol. The molecule has 0 atom stereocenters. The fraction of sp³-hybridized carbons (Fsp3) is 0.118. The Balaban J connectivity index is 1.93. The number of aromatic nitrogens is 2. The fourth-order valence-electron chi connectivity index (χ4n) is 1.96. The Kier molecular flexibility index (Phi) is 3.11. The molecule has 23 heavy (non-hydrogen) atoms. The molecule has 0 aliphatic rings. The molecule has 0 amide bonds. The van der Waals surface area contributed by atoms with Crippen LogP contribution in [-0.2, 0) is 6.61 Å². The number of benzene rings is 1. The first-order chi connectivity index (χ1) is 12.4. The van der Waals surface area contributed by atoms with Gasteiger partial charge in [0.2, 0.25) is 5.88 Å². The van der Waals surface area contributed by atoms with Crippen molar-refractivity contribution in [1.29, 1.82) is 5.26 Å². The van der Waals surface area contributed by atoms with Crippen molar-refractivity contribution in [2.45, 2.75) is 13.5 Å². The molecule has 0 saturated carbocycles. The van der Waals surface area contributed by atoms with Crippen molar-refractivity contribution in [1.82, 2.24) is 10.1 Å². The normalized spacial score (nSPS) is 12.8. The quantitative estimate of drug-likeness (QED) is 0.735. The van der Waals surface area contributed by atoms with Crippen LogP contribution in [-0.4, -0.2) is 10.1 Å². The first-order valence-corrected chi connectivity index (χ1v) is 6.62. The summed E-state index contributed by atoms with van der Waals surface area (Å²) < 4.78 is 46.5. The predicted octanol–water partition coefficient (Wildman–Crippen LogP) is 3.63. The molecule has 0 aliphatic heterocycles. The zero-order valence-corrected chi connectivity index (χ0v) is 11.8. The van der Waals surface area contributed by atoms with Crippen molar-refractivity contribution in [3.8, 4) is 23.2 Å². The summed E-state index contributed by atoms with van der Waals surface area (Å²) in [6.45, 7) is -2.69. The summed E-state index contributed by atoms with van der Waals surface area (Å²) in [4.78, 5) is 3.97. The third-order valence-corrected chi connectivity index (χ3v) is 3.14. The van der Waals surface area contributed by atoms with Gasteiger partial charge in [-0.25, -0.2) is 9.37 Å². The summed E-state index contributed by atoms with van der Waals surface area (Å²) in [6, 6.07) is 10.4. The minimum absolute atomic E-state index is 0.164. The van der Waals surface area contributed by atoms with Crippen LogP contribution in [0, 0.1) is 24.0 Å². The smallest absolute Gasteiger partial charge is 0.213 e. The maximum atomic E-state index is 13.1. The van der Waals surface area contributed by atoms with E-state index >= 15 is 0 Å². The van der Waals surface area contributed by atoms with Crippen LogP contribution in [0.15, 0.2) is 47.1 Å². The highest BCUT2D eigenvalue weighted by atomic mass is 19.1. The molecular weight excluding hydrogens is 297 g/mol. The number of pyridine rings is 1. The molecule has 0 saturated heterocycles. The maximum absolute atomic E-state index is 13.1. The molecule has 1 aromatic carbocycles. The highest BCUT2D eigenvalue weighted by Crippen LogP contribution is 2.26. The van der Waals surface area contributed by atoms with E-state index in [4.69, 9.17) is 18.6 Å². The molecule has 0 unspecified atom stereocenters. The van der Waals surface area contributed by atoms with Crippen molar-refractivity contribution < 1.29 is 17.8 Å². The lowest BCUT2D eigenvalue weighted by atomic mass is 10.1. The van der Waals surface area contributed by atoms with Gasteiger partial charge in [0.25, 0.3) is 0 Å². The van der Waals surface area contributed by atoms with Gasteiger partial charge in [0.05, 0.1) is 11.1 Å². The standard InChI is InChI=1S/C17H12FN3O2/c1-11-15(10-22-16-7-2-12(8-19)9-20-16)17(21-23-11)13-3-5-14(18)6-4-13/h2-7,9H,10H2,1H3/i1D3. The van der Waals surface area contributed by atoms with Crippen LogP contribution in [0.25, 0.3) is 11.3 Å². The van der Waals surface area contributed by atoms with Crippen molar-refractivity contribution in [3.05, 3.63) is 65.3 Å². The van der Waals surface area contributed by atoms with Crippen LogP contribution >= 0.6 is 0 Å². The number of nitriles is 1. The van der Waals surface area contributed by atoms with Gasteiger partial charge >= 0.3 is 0 Å². The third kappa shape index (κ3) is 3.19. The lowest BCUT2D eigenvalue weighted by molar-refractivity contribution is 0.290. The molecule has 0 spiro atoms. The largest absolute Gasteiger partial charge is 0.473 e. The maximum Gasteiger partial charge on any atom is 0.213 e. The first-order valence-electron chi connectivity index (χ1n) is 8.12. The molecular formula is C17H12FN3O2. The van der Waals surface area contributed by atoms with E-state index in [2.05, 4.69) is 10.1 Å². The zero-order chi connectivity index (χ0) is 18.7. The first kappa shape index (κ1) is 11.4. The number of halogens is 1. The Morgan fingerprint density at radius 2 is 2.13 bits per heavy atom. The van der Waals surface area contributed by atoms with Gasteiger partial charge in [-0.2, -0.15) is 5.26 Å². The van der Waals surface area contributed by atoms with Gasteiger partial charge < -0.3 is 9.26 Å². The van der Waals surface area contributed by atoms with Crippen LogP contribution in [0.5, 0.6) is 5.88 Å². The van der Waals surface area contributed by atoms with Crippen LogP contribution in [0.3, 0.4) is 0 Å². The highest BCUT2D eigenvalue weighted by Gasteiger charge is 2.15. The topological polar surface area (TPSA) is 71.9 Å². The molecule has 6 heteroatoms. The lowest BCUT2D eigenvalue weighted by Crippen LogP contribution is -1.99. The van der Waals surface area contributed by atoms with Gasteiger partial charge in [0.15, 0.2) is 0 Å². The number of nitrogens with zero attached hydrogens (tertiary/aromatic N) is 3. The van der Waals surface area contributed by atoms with Gasteiger partial charge in [0, 0.05) is 21.9 Å². The van der Waals surface area contributed by atoms with Gasteiger partial charge in [-0.3, -0.25) is 0 Å². The molecule has 114 valence electrons. The molecule has 2 aromatic heterocycles. The van der Waals surface area contributed by atoms with E-state index in [9.17, 15) is 4.39 Å². The Bertz CT molecular complexity index is 945. The Morgan fingerprint density at radius 3 is 2.78 bits per heavy atom. The molecule has 0 radical (unpaired) electrons. The number of hydrogen-bond donors (Lipinski definition) is 0. The van der Waals surface area contributed by atoms with Crippen molar-refractivity contribution in [3.63, 3.8) is 0 Å². The molecule has 0 bridgehead atoms. The summed E-state index contributed by atoms with van der Waals surface area (Å²) in [7, 11) is 0. The van der Waals surface area contributed by atoms with Gasteiger partial charge in [0.1, 0.15) is 29.9 Å². The third-order valence-electron chi connectivity index (χ3n) is 3.14. The second kappa shape index (κ2) is 6.28. The Morgan fingerprint density at radius 1 is 1.30 bits per heavy atom. The molecule has 0 aliphatic carbocycles. The number of hydrogen-bond acceptors (Lipinski definition) is 5. The summed E-state index contributed by atoms with van der Waals surface area (Å²) in [5.41, 5.74) is 1.35. The average molecular weight is 312 g/mol. The molecule has 3 aromatic rings. The van der Waals surface area contributed by atoms with Crippen LogP contribution in [0.1, 0.15) is 21.0 Å². The Labute approximate surface area is 136 Å². The van der Waals surface area contributed by atoms with Crippen molar-refractivity contribution in [2.75, 3.05) is 0 Å². The second-order valence-corrected chi connectivity index (χ2v) is 4.63. The van der Waals surface area contributed by atoms with Crippen molar-refractivity contribution >= 4 is 0 Å². The summed E-state index contributed by atoms with van der Waals surface area (Å²) in [5, 5.41) is 12.6.